The van der Waals surface area contributed by atoms with Crippen LogP contribution in [-0.4, -0.2) is 66.3 Å². The summed E-state index contributed by atoms with van der Waals surface area (Å²) in [5.74, 6) is 0.0506. The second-order valence-corrected chi connectivity index (χ2v) is 7.71. The number of carbonyl (C=O) groups is 2. The Morgan fingerprint density at radius 3 is 2.14 bits per heavy atom. The van der Waals surface area contributed by atoms with Crippen LogP contribution >= 0.6 is 0 Å². The smallest absolute Gasteiger partial charge is 0.253 e. The number of hydrogen-bond donors (Lipinski definition) is 0. The molecule has 1 saturated heterocycles. The van der Waals surface area contributed by atoms with E-state index in [0.29, 0.717) is 11.1 Å². The predicted molar refractivity (Wildman–Crippen MR) is 116 cm³/mol. The van der Waals surface area contributed by atoms with Crippen LogP contribution in [0.25, 0.3) is 0 Å². The van der Waals surface area contributed by atoms with Crippen molar-refractivity contribution in [2.75, 3.05) is 39.8 Å². The Kier molecular flexibility index (Phi) is 7.42. The van der Waals surface area contributed by atoms with Crippen molar-refractivity contribution < 1.29 is 9.59 Å². The van der Waals surface area contributed by atoms with Gasteiger partial charge in [-0.3, -0.25) is 14.5 Å². The highest BCUT2D eigenvalue weighted by Crippen LogP contribution is 2.13. The zero-order valence-electron chi connectivity index (χ0n) is 17.5. The van der Waals surface area contributed by atoms with Crippen LogP contribution < -0.4 is 0 Å². The normalized spacial score (nSPS) is 14.6. The zero-order valence-corrected chi connectivity index (χ0v) is 17.5. The van der Waals surface area contributed by atoms with E-state index >= 15 is 0 Å². The summed E-state index contributed by atoms with van der Waals surface area (Å²) in [5.41, 5.74) is 2.58. The van der Waals surface area contributed by atoms with Crippen molar-refractivity contribution in [3.05, 3.63) is 71.3 Å². The van der Waals surface area contributed by atoms with E-state index in [-0.39, 0.29) is 11.8 Å². The SMILES string of the molecule is CCCCN(C)C(=O)c1ccc(C(=O)N2CCN(Cc3ccccc3)CC2)cc1. The Bertz CT molecular complexity index is 797. The fraction of sp³-hybridized carbons (Fsp3) is 0.417. The lowest BCUT2D eigenvalue weighted by Crippen LogP contribution is -2.48. The third-order valence-electron chi connectivity index (χ3n) is 5.48. The number of hydrogen-bond acceptors (Lipinski definition) is 3. The molecule has 0 aliphatic carbocycles. The number of nitrogens with zero attached hydrogens (tertiary/aromatic N) is 3. The fourth-order valence-electron chi connectivity index (χ4n) is 3.61. The molecule has 2 amide bonds. The summed E-state index contributed by atoms with van der Waals surface area (Å²) < 4.78 is 0. The number of carbonyl (C=O) groups excluding carboxylic acids is 2. The third-order valence-corrected chi connectivity index (χ3v) is 5.48. The van der Waals surface area contributed by atoms with E-state index in [4.69, 9.17) is 0 Å². The number of benzene rings is 2. The molecule has 0 aromatic heterocycles. The summed E-state index contributed by atoms with van der Waals surface area (Å²) in [6.45, 7) is 6.99. The van der Waals surface area contributed by atoms with Gasteiger partial charge in [0.25, 0.3) is 11.8 Å². The van der Waals surface area contributed by atoms with Crippen molar-refractivity contribution >= 4 is 11.8 Å². The Hall–Kier alpha value is -2.66. The summed E-state index contributed by atoms with van der Waals surface area (Å²) in [4.78, 5) is 31.3. The first-order chi connectivity index (χ1) is 14.1. The first-order valence-electron chi connectivity index (χ1n) is 10.5. The van der Waals surface area contributed by atoms with E-state index in [1.807, 2.05) is 18.0 Å². The quantitative estimate of drug-likeness (QED) is 0.723. The van der Waals surface area contributed by atoms with Crippen LogP contribution in [0, 0.1) is 0 Å². The van der Waals surface area contributed by atoms with E-state index < -0.39 is 0 Å². The Labute approximate surface area is 173 Å². The van der Waals surface area contributed by atoms with Gasteiger partial charge in [-0.05, 0) is 36.2 Å². The Balaban J connectivity index is 1.52. The molecule has 0 atom stereocenters. The number of amides is 2. The van der Waals surface area contributed by atoms with Crippen LogP contribution in [0.3, 0.4) is 0 Å². The van der Waals surface area contributed by atoms with Gasteiger partial charge in [-0.15, -0.1) is 0 Å². The van der Waals surface area contributed by atoms with Crippen molar-refractivity contribution in [2.45, 2.75) is 26.3 Å². The highest BCUT2D eigenvalue weighted by Gasteiger charge is 2.22. The Morgan fingerprint density at radius 2 is 1.52 bits per heavy atom. The second-order valence-electron chi connectivity index (χ2n) is 7.71. The Morgan fingerprint density at radius 1 is 0.897 bits per heavy atom. The maximum absolute atomic E-state index is 12.8. The summed E-state index contributed by atoms with van der Waals surface area (Å²) in [7, 11) is 1.83. The topological polar surface area (TPSA) is 43.9 Å². The molecule has 0 radical (unpaired) electrons. The van der Waals surface area contributed by atoms with Gasteiger partial charge in [0.2, 0.25) is 0 Å². The van der Waals surface area contributed by atoms with E-state index in [0.717, 1.165) is 52.1 Å². The second kappa shape index (κ2) is 10.2. The van der Waals surface area contributed by atoms with Crippen molar-refractivity contribution in [1.29, 1.82) is 0 Å². The molecule has 1 fully saturated rings. The average Bonchev–Trinajstić information content (AvgIpc) is 2.78. The van der Waals surface area contributed by atoms with Crippen LogP contribution in [0.2, 0.25) is 0 Å². The standard InChI is InChI=1S/C24H31N3O2/c1-3-4-14-25(2)23(28)21-10-12-22(13-11-21)24(29)27-17-15-26(16-18-27)19-20-8-6-5-7-9-20/h5-13H,3-4,14-19H2,1-2H3. The summed E-state index contributed by atoms with van der Waals surface area (Å²) in [6.07, 6.45) is 2.05. The monoisotopic (exact) mass is 393 g/mol. The number of piperazine rings is 1. The number of rotatable bonds is 7. The van der Waals surface area contributed by atoms with Gasteiger partial charge in [0.15, 0.2) is 0 Å². The van der Waals surface area contributed by atoms with E-state index in [1.54, 1.807) is 29.2 Å². The maximum atomic E-state index is 12.8. The van der Waals surface area contributed by atoms with Gasteiger partial charge >= 0.3 is 0 Å². The summed E-state index contributed by atoms with van der Waals surface area (Å²) in [5, 5.41) is 0. The molecule has 1 aliphatic rings. The lowest BCUT2D eigenvalue weighted by Gasteiger charge is -2.34. The first kappa shape index (κ1) is 21.1. The molecule has 5 nitrogen and oxygen atoms in total. The van der Waals surface area contributed by atoms with E-state index in [2.05, 4.69) is 36.1 Å². The van der Waals surface area contributed by atoms with Gasteiger partial charge in [-0.1, -0.05) is 43.7 Å². The third kappa shape index (κ3) is 5.67. The molecule has 1 heterocycles. The maximum Gasteiger partial charge on any atom is 0.253 e. The van der Waals surface area contributed by atoms with Gasteiger partial charge in [0.05, 0.1) is 0 Å². The molecule has 3 rings (SSSR count). The van der Waals surface area contributed by atoms with Crippen LogP contribution in [-0.2, 0) is 6.54 Å². The fourth-order valence-corrected chi connectivity index (χ4v) is 3.61. The summed E-state index contributed by atoms with van der Waals surface area (Å²) in [6, 6.07) is 17.5. The molecule has 154 valence electrons. The van der Waals surface area contributed by atoms with Crippen molar-refractivity contribution in [1.82, 2.24) is 14.7 Å². The van der Waals surface area contributed by atoms with Crippen molar-refractivity contribution in [3.8, 4) is 0 Å². The van der Waals surface area contributed by atoms with Crippen LogP contribution in [0.1, 0.15) is 46.0 Å². The largest absolute Gasteiger partial charge is 0.342 e. The molecular formula is C24H31N3O2. The van der Waals surface area contributed by atoms with Gasteiger partial charge in [-0.25, -0.2) is 0 Å². The average molecular weight is 394 g/mol. The molecule has 2 aromatic carbocycles. The van der Waals surface area contributed by atoms with Gasteiger partial charge in [0, 0.05) is 57.4 Å². The molecule has 0 bridgehead atoms. The molecule has 5 heteroatoms. The molecule has 0 saturated carbocycles. The molecule has 0 spiro atoms. The van der Waals surface area contributed by atoms with E-state index in [9.17, 15) is 9.59 Å². The van der Waals surface area contributed by atoms with Crippen LogP contribution in [0.5, 0.6) is 0 Å². The predicted octanol–water partition coefficient (Wildman–Crippen LogP) is 3.52. The lowest BCUT2D eigenvalue weighted by molar-refractivity contribution is 0.0627. The highest BCUT2D eigenvalue weighted by molar-refractivity contribution is 5.97. The highest BCUT2D eigenvalue weighted by atomic mass is 16.2. The summed E-state index contributed by atoms with van der Waals surface area (Å²) >= 11 is 0. The first-order valence-corrected chi connectivity index (χ1v) is 10.5. The minimum Gasteiger partial charge on any atom is -0.342 e. The van der Waals surface area contributed by atoms with Crippen LogP contribution in [0.4, 0.5) is 0 Å². The van der Waals surface area contributed by atoms with Crippen molar-refractivity contribution in [3.63, 3.8) is 0 Å². The minimum absolute atomic E-state index is 0.00646. The van der Waals surface area contributed by atoms with Gasteiger partial charge in [0.1, 0.15) is 0 Å². The van der Waals surface area contributed by atoms with Crippen molar-refractivity contribution in [2.24, 2.45) is 0 Å². The molecular weight excluding hydrogens is 362 g/mol. The molecule has 0 unspecified atom stereocenters. The number of unbranched alkanes of at least 4 members (excludes halogenated alkanes) is 1. The van der Waals surface area contributed by atoms with Crippen LogP contribution in [0.15, 0.2) is 54.6 Å². The lowest BCUT2D eigenvalue weighted by atomic mass is 10.1. The van der Waals surface area contributed by atoms with E-state index in [1.165, 1.54) is 5.56 Å². The molecule has 1 aliphatic heterocycles. The zero-order chi connectivity index (χ0) is 20.6. The minimum atomic E-state index is 0.00646. The van der Waals surface area contributed by atoms with Gasteiger partial charge < -0.3 is 9.80 Å². The molecule has 29 heavy (non-hydrogen) atoms. The van der Waals surface area contributed by atoms with Gasteiger partial charge in [-0.2, -0.15) is 0 Å². The molecule has 2 aromatic rings. The molecule has 0 N–H and O–H groups in total.